The number of hydrogen-bond donors (Lipinski definition) is 3. The van der Waals surface area contributed by atoms with E-state index >= 15 is 0 Å². The Morgan fingerprint density at radius 2 is 1.96 bits per heavy atom. The number of halogens is 3. The molecule has 0 aliphatic heterocycles. The van der Waals surface area contributed by atoms with Gasteiger partial charge in [0.25, 0.3) is 0 Å². The number of methoxy groups -OCH3 is 1. The van der Waals surface area contributed by atoms with Crippen molar-refractivity contribution in [3.63, 3.8) is 0 Å². The number of carbonyl (C=O) groups is 1. The normalized spacial score (nSPS) is 12.7. The van der Waals surface area contributed by atoms with Crippen LogP contribution in [0.3, 0.4) is 0 Å². The molecule has 1 aromatic carbocycles. The number of urea groups is 1. The van der Waals surface area contributed by atoms with Crippen LogP contribution < -0.4 is 10.6 Å². The molecule has 23 heavy (non-hydrogen) atoms. The van der Waals surface area contributed by atoms with E-state index in [0.717, 1.165) is 0 Å². The van der Waals surface area contributed by atoms with Crippen LogP contribution >= 0.6 is 0 Å². The van der Waals surface area contributed by atoms with Crippen molar-refractivity contribution in [3.05, 3.63) is 29.8 Å². The van der Waals surface area contributed by atoms with Gasteiger partial charge in [0, 0.05) is 25.8 Å². The molecule has 3 N–H and O–H groups in total. The molecular weight excluding hydrogens is 313 g/mol. The van der Waals surface area contributed by atoms with E-state index in [0.29, 0.717) is 17.7 Å². The van der Waals surface area contributed by atoms with Crippen LogP contribution in [0.5, 0.6) is 0 Å². The average molecular weight is 334 g/mol. The van der Waals surface area contributed by atoms with Gasteiger partial charge in [0.1, 0.15) is 0 Å². The Bertz CT molecular complexity index is 478. The summed E-state index contributed by atoms with van der Waals surface area (Å²) in [4.78, 5) is 11.6. The van der Waals surface area contributed by atoms with Gasteiger partial charge in [-0.2, -0.15) is 13.2 Å². The van der Waals surface area contributed by atoms with E-state index in [4.69, 9.17) is 4.74 Å². The maximum absolute atomic E-state index is 12.1. The molecule has 0 saturated carbocycles. The van der Waals surface area contributed by atoms with Gasteiger partial charge in [-0.1, -0.05) is 12.1 Å². The molecule has 1 rings (SSSR count). The molecule has 0 radical (unpaired) electrons. The molecular formula is C15H21F3N2O3. The van der Waals surface area contributed by atoms with Gasteiger partial charge in [-0.15, -0.1) is 0 Å². The number of nitrogens with one attached hydrogen (secondary N) is 2. The topological polar surface area (TPSA) is 70.6 Å². The minimum Gasteiger partial charge on any atom is -0.391 e. The summed E-state index contributed by atoms with van der Waals surface area (Å²) in [7, 11) is 1.47. The van der Waals surface area contributed by atoms with Gasteiger partial charge in [-0.3, -0.25) is 0 Å². The van der Waals surface area contributed by atoms with Gasteiger partial charge in [-0.25, -0.2) is 4.79 Å². The van der Waals surface area contributed by atoms with Crippen LogP contribution in [-0.2, 0) is 11.2 Å². The molecule has 0 aliphatic rings. The molecule has 0 spiro atoms. The quantitative estimate of drug-likeness (QED) is 0.684. The lowest BCUT2D eigenvalue weighted by molar-refractivity contribution is -0.133. The second-order valence-electron chi connectivity index (χ2n) is 5.09. The molecule has 2 amide bonds. The van der Waals surface area contributed by atoms with Gasteiger partial charge < -0.3 is 20.5 Å². The second kappa shape index (κ2) is 9.36. The van der Waals surface area contributed by atoms with E-state index in [1.54, 1.807) is 24.3 Å². The number of anilines is 1. The molecule has 0 bridgehead atoms. The minimum atomic E-state index is -4.18. The second-order valence-corrected chi connectivity index (χ2v) is 5.09. The van der Waals surface area contributed by atoms with Crippen molar-refractivity contribution in [2.45, 2.75) is 31.5 Å². The Labute approximate surface area is 132 Å². The number of rotatable bonds is 8. The summed E-state index contributed by atoms with van der Waals surface area (Å²) < 4.78 is 41.1. The van der Waals surface area contributed by atoms with Crippen LogP contribution in [0.1, 0.15) is 18.4 Å². The molecule has 0 heterocycles. The third kappa shape index (κ3) is 9.04. The van der Waals surface area contributed by atoms with Crippen molar-refractivity contribution < 1.29 is 27.8 Å². The summed E-state index contributed by atoms with van der Waals surface area (Å²) in [6, 6.07) is 5.74. The lowest BCUT2D eigenvalue weighted by Crippen LogP contribution is -2.32. The third-order valence-corrected chi connectivity index (χ3v) is 3.03. The summed E-state index contributed by atoms with van der Waals surface area (Å²) in [6.07, 6.45) is -5.42. The first-order valence-corrected chi connectivity index (χ1v) is 7.17. The molecule has 0 fully saturated rings. The monoisotopic (exact) mass is 334 g/mol. The zero-order valence-electron chi connectivity index (χ0n) is 12.8. The Balaban J connectivity index is 2.32. The fourth-order valence-corrected chi connectivity index (χ4v) is 1.84. The number of amides is 2. The number of aliphatic hydroxyl groups excluding tert-OH is 1. The van der Waals surface area contributed by atoms with Crippen LogP contribution in [0.15, 0.2) is 24.3 Å². The first kappa shape index (κ1) is 19.2. The highest BCUT2D eigenvalue weighted by atomic mass is 19.4. The smallest absolute Gasteiger partial charge is 0.389 e. The van der Waals surface area contributed by atoms with Gasteiger partial charge in [0.05, 0.1) is 12.7 Å². The third-order valence-electron chi connectivity index (χ3n) is 3.03. The predicted octanol–water partition coefficient (Wildman–Crippen LogP) is 2.70. The number of aliphatic hydroxyl groups is 1. The van der Waals surface area contributed by atoms with Crippen molar-refractivity contribution in [2.24, 2.45) is 0 Å². The lowest BCUT2D eigenvalue weighted by Gasteiger charge is -2.11. The highest BCUT2D eigenvalue weighted by molar-refractivity contribution is 5.89. The number of alkyl halides is 3. The molecule has 1 unspecified atom stereocenters. The number of carbonyl (C=O) groups excluding carboxylic acids is 1. The highest BCUT2D eigenvalue weighted by Gasteiger charge is 2.26. The standard InChI is InChI=1S/C15H21F3N2O3/c1-23-10-13(21)7-9-19-14(22)20-12-4-2-11(3-5-12)6-8-15(16,17)18/h2-5,13,21H,6-10H2,1H3,(H2,19,20,22). The van der Waals surface area contributed by atoms with Crippen molar-refractivity contribution in [1.82, 2.24) is 5.32 Å². The van der Waals surface area contributed by atoms with Crippen molar-refractivity contribution in [3.8, 4) is 0 Å². The number of aryl methyl sites for hydroxylation is 1. The molecule has 5 nitrogen and oxygen atoms in total. The molecule has 130 valence electrons. The highest BCUT2D eigenvalue weighted by Crippen LogP contribution is 2.22. The first-order valence-electron chi connectivity index (χ1n) is 7.17. The Kier molecular flexibility index (Phi) is 7.84. The fourth-order valence-electron chi connectivity index (χ4n) is 1.84. The SMILES string of the molecule is COCC(O)CCNC(=O)Nc1ccc(CCC(F)(F)F)cc1. The molecule has 0 aromatic heterocycles. The van der Waals surface area contributed by atoms with Crippen LogP contribution in [0.4, 0.5) is 23.7 Å². The zero-order valence-corrected chi connectivity index (χ0v) is 12.8. The van der Waals surface area contributed by atoms with Gasteiger partial charge in [0.2, 0.25) is 0 Å². The van der Waals surface area contributed by atoms with E-state index < -0.39 is 24.7 Å². The van der Waals surface area contributed by atoms with Gasteiger partial charge in [0.15, 0.2) is 0 Å². The Morgan fingerprint density at radius 3 is 2.52 bits per heavy atom. The van der Waals surface area contributed by atoms with E-state index in [-0.39, 0.29) is 19.6 Å². The van der Waals surface area contributed by atoms with Crippen molar-refractivity contribution in [2.75, 3.05) is 25.6 Å². The maximum Gasteiger partial charge on any atom is 0.389 e. The minimum absolute atomic E-state index is 0.0899. The van der Waals surface area contributed by atoms with Crippen LogP contribution in [-0.4, -0.2) is 43.7 Å². The predicted molar refractivity (Wildman–Crippen MR) is 80.3 cm³/mol. The summed E-state index contributed by atoms with van der Waals surface area (Å²) in [5, 5.41) is 14.5. The van der Waals surface area contributed by atoms with E-state index in [1.807, 2.05) is 0 Å². The maximum atomic E-state index is 12.1. The lowest BCUT2D eigenvalue weighted by atomic mass is 10.1. The fraction of sp³-hybridized carbons (Fsp3) is 0.533. The van der Waals surface area contributed by atoms with Crippen LogP contribution in [0.2, 0.25) is 0 Å². The van der Waals surface area contributed by atoms with Crippen molar-refractivity contribution in [1.29, 1.82) is 0 Å². The van der Waals surface area contributed by atoms with E-state index in [9.17, 15) is 23.1 Å². The molecule has 0 saturated heterocycles. The Hall–Kier alpha value is -1.80. The van der Waals surface area contributed by atoms with Crippen molar-refractivity contribution >= 4 is 11.7 Å². The Morgan fingerprint density at radius 1 is 1.30 bits per heavy atom. The summed E-state index contributed by atoms with van der Waals surface area (Å²) >= 11 is 0. The summed E-state index contributed by atoms with van der Waals surface area (Å²) in [5.74, 6) is 0. The van der Waals surface area contributed by atoms with Gasteiger partial charge >= 0.3 is 12.2 Å². The molecule has 0 aliphatic carbocycles. The van der Waals surface area contributed by atoms with Crippen LogP contribution in [0, 0.1) is 0 Å². The molecule has 1 atom stereocenters. The number of hydrogen-bond acceptors (Lipinski definition) is 3. The number of benzene rings is 1. The molecule has 8 heteroatoms. The van der Waals surface area contributed by atoms with Gasteiger partial charge in [-0.05, 0) is 30.5 Å². The number of ether oxygens (including phenoxy) is 1. The zero-order chi connectivity index (χ0) is 17.3. The van der Waals surface area contributed by atoms with E-state index in [1.165, 1.54) is 7.11 Å². The summed E-state index contributed by atoms with van der Waals surface area (Å²) in [5.41, 5.74) is 1.03. The first-order chi connectivity index (χ1) is 10.8. The molecule has 1 aromatic rings. The largest absolute Gasteiger partial charge is 0.391 e. The average Bonchev–Trinajstić information content (AvgIpc) is 2.46. The summed E-state index contributed by atoms with van der Waals surface area (Å²) in [6.45, 7) is 0.475. The van der Waals surface area contributed by atoms with Crippen LogP contribution in [0.25, 0.3) is 0 Å². The van der Waals surface area contributed by atoms with E-state index in [2.05, 4.69) is 10.6 Å².